The Kier molecular flexibility index (Phi) is 6.70. The number of nitriles is 1. The van der Waals surface area contributed by atoms with Crippen LogP contribution in [0.5, 0.6) is 5.75 Å². The number of allylic oxidation sites excluding steroid dienone is 3. The maximum absolute atomic E-state index is 12.9. The van der Waals surface area contributed by atoms with E-state index in [1.807, 2.05) is 31.3 Å². The van der Waals surface area contributed by atoms with Crippen LogP contribution in [0.1, 0.15) is 36.3 Å². The quantitative estimate of drug-likeness (QED) is 0.456. The van der Waals surface area contributed by atoms with Gasteiger partial charge >= 0.3 is 0 Å². The minimum atomic E-state index is -0.465. The normalized spacial score (nSPS) is 18.5. The largest absolute Gasteiger partial charge is 0.488 e. The lowest BCUT2D eigenvalue weighted by Crippen LogP contribution is -2.36. The second-order valence-electron chi connectivity index (χ2n) is 7.75. The zero-order valence-corrected chi connectivity index (χ0v) is 21.0. The highest BCUT2D eigenvalue weighted by Crippen LogP contribution is 2.44. The van der Waals surface area contributed by atoms with Crippen molar-refractivity contribution in [2.24, 2.45) is 5.73 Å². The number of halogens is 3. The van der Waals surface area contributed by atoms with Crippen molar-refractivity contribution in [3.8, 4) is 11.8 Å². The second kappa shape index (κ2) is 9.34. The van der Waals surface area contributed by atoms with Gasteiger partial charge in [-0.3, -0.25) is 4.79 Å². The number of nitrogens with zero attached hydrogens (tertiary/aromatic N) is 2. The van der Waals surface area contributed by atoms with Crippen LogP contribution in [0.4, 0.5) is 0 Å². The standard InChI is InChI=1S/C24H20Cl2IN3O2/c1-30-19-3-2-4-20(31)23(19)22(16(11-28)24(30)29)13-6-8-21(18(27)9-13)32-12-14-5-7-15(25)10-17(14)26/h5-10,22H,2-4,12,29H2,1H3/t22-/m0/s1. The van der Waals surface area contributed by atoms with E-state index in [0.717, 1.165) is 33.2 Å². The summed E-state index contributed by atoms with van der Waals surface area (Å²) >= 11 is 14.4. The van der Waals surface area contributed by atoms with Gasteiger partial charge in [0.05, 0.1) is 21.1 Å². The first kappa shape index (κ1) is 23.0. The summed E-state index contributed by atoms with van der Waals surface area (Å²) in [5.74, 6) is 0.704. The summed E-state index contributed by atoms with van der Waals surface area (Å²) in [6, 6.07) is 13.2. The zero-order valence-electron chi connectivity index (χ0n) is 17.3. The minimum absolute atomic E-state index is 0.0797. The predicted octanol–water partition coefficient (Wildman–Crippen LogP) is 5.91. The van der Waals surface area contributed by atoms with Crippen LogP contribution in [0, 0.1) is 14.9 Å². The Morgan fingerprint density at radius 2 is 2.03 bits per heavy atom. The molecule has 0 spiro atoms. The molecule has 2 aliphatic rings. The predicted molar refractivity (Wildman–Crippen MR) is 133 cm³/mol. The van der Waals surface area contributed by atoms with Crippen molar-refractivity contribution >= 4 is 51.6 Å². The molecule has 4 rings (SSSR count). The van der Waals surface area contributed by atoms with Crippen molar-refractivity contribution in [1.29, 1.82) is 5.26 Å². The van der Waals surface area contributed by atoms with Gasteiger partial charge in [-0.05, 0) is 65.3 Å². The first-order chi connectivity index (χ1) is 15.3. The van der Waals surface area contributed by atoms with E-state index in [4.69, 9.17) is 33.7 Å². The Balaban J connectivity index is 1.67. The summed E-state index contributed by atoms with van der Waals surface area (Å²) in [5.41, 5.74) is 9.98. The number of ether oxygens (including phenoxy) is 1. The van der Waals surface area contributed by atoms with E-state index in [1.165, 1.54) is 0 Å². The van der Waals surface area contributed by atoms with Crippen LogP contribution in [0.25, 0.3) is 0 Å². The van der Waals surface area contributed by atoms with E-state index in [-0.39, 0.29) is 5.78 Å². The Labute approximate surface area is 210 Å². The van der Waals surface area contributed by atoms with Crippen LogP contribution in [0.15, 0.2) is 59.1 Å². The molecular weight excluding hydrogens is 560 g/mol. The number of rotatable bonds is 4. The molecule has 2 N–H and O–H groups in total. The number of hydrogen-bond acceptors (Lipinski definition) is 5. The molecule has 2 aromatic carbocycles. The average Bonchev–Trinajstić information content (AvgIpc) is 2.76. The molecule has 5 nitrogen and oxygen atoms in total. The molecule has 2 aromatic rings. The summed E-state index contributed by atoms with van der Waals surface area (Å²) in [6.07, 6.45) is 2.05. The SMILES string of the molecule is CN1C(N)=C(C#N)[C@H](c2ccc(OCc3ccc(Cl)cc3Cl)c(I)c2)C2=C1CCCC2=O. The molecule has 8 heteroatoms. The van der Waals surface area contributed by atoms with E-state index in [9.17, 15) is 10.1 Å². The van der Waals surface area contributed by atoms with Gasteiger partial charge in [0.15, 0.2) is 5.78 Å². The first-order valence-corrected chi connectivity index (χ1v) is 11.9. The van der Waals surface area contributed by atoms with Crippen molar-refractivity contribution < 1.29 is 9.53 Å². The fourth-order valence-corrected chi connectivity index (χ4v) is 5.36. The molecule has 164 valence electrons. The Bertz CT molecular complexity index is 1220. The molecule has 1 atom stereocenters. The van der Waals surface area contributed by atoms with Gasteiger partial charge in [-0.2, -0.15) is 5.26 Å². The van der Waals surface area contributed by atoms with Gasteiger partial charge in [0, 0.05) is 40.3 Å². The number of nitrogens with two attached hydrogens (primary N) is 1. The minimum Gasteiger partial charge on any atom is -0.488 e. The first-order valence-electron chi connectivity index (χ1n) is 10.1. The second-order valence-corrected chi connectivity index (χ2v) is 9.76. The monoisotopic (exact) mass is 579 g/mol. The Morgan fingerprint density at radius 3 is 2.72 bits per heavy atom. The van der Waals surface area contributed by atoms with Crippen LogP contribution >= 0.6 is 45.8 Å². The molecule has 0 aromatic heterocycles. The van der Waals surface area contributed by atoms with Gasteiger partial charge < -0.3 is 15.4 Å². The van der Waals surface area contributed by atoms with Crippen molar-refractivity contribution in [2.45, 2.75) is 31.8 Å². The Hall–Kier alpha value is -2.21. The third kappa shape index (κ3) is 4.21. The third-order valence-electron chi connectivity index (χ3n) is 5.86. The number of hydrogen-bond donors (Lipinski definition) is 1. The van der Waals surface area contributed by atoms with Crippen LogP contribution in [0.2, 0.25) is 10.0 Å². The van der Waals surface area contributed by atoms with Gasteiger partial charge in [-0.1, -0.05) is 35.3 Å². The van der Waals surface area contributed by atoms with Crippen molar-refractivity contribution in [3.63, 3.8) is 0 Å². The zero-order chi connectivity index (χ0) is 23.0. The van der Waals surface area contributed by atoms with Crippen LogP contribution in [-0.4, -0.2) is 17.7 Å². The smallest absolute Gasteiger partial charge is 0.161 e. The molecule has 1 aliphatic carbocycles. The highest BCUT2D eigenvalue weighted by molar-refractivity contribution is 14.1. The number of carbonyl (C=O) groups is 1. The highest BCUT2D eigenvalue weighted by Gasteiger charge is 2.38. The summed E-state index contributed by atoms with van der Waals surface area (Å²) in [6.45, 7) is 0.295. The summed E-state index contributed by atoms with van der Waals surface area (Å²) in [5, 5.41) is 11.0. The van der Waals surface area contributed by atoms with E-state index < -0.39 is 5.92 Å². The molecule has 0 saturated carbocycles. The summed E-state index contributed by atoms with van der Waals surface area (Å²) < 4.78 is 6.85. The molecule has 1 aliphatic heterocycles. The van der Waals surface area contributed by atoms with E-state index >= 15 is 0 Å². The Morgan fingerprint density at radius 1 is 1.25 bits per heavy atom. The lowest BCUT2D eigenvalue weighted by molar-refractivity contribution is -0.116. The van der Waals surface area contributed by atoms with Gasteiger partial charge in [-0.15, -0.1) is 0 Å². The van der Waals surface area contributed by atoms with Crippen LogP contribution in [0.3, 0.4) is 0 Å². The van der Waals surface area contributed by atoms with Crippen LogP contribution < -0.4 is 10.5 Å². The van der Waals surface area contributed by atoms with Crippen molar-refractivity contribution in [3.05, 3.63) is 83.8 Å². The number of Topliss-reactive ketones (excluding diaryl/α,β-unsaturated/α-hetero) is 1. The average molecular weight is 580 g/mol. The molecule has 32 heavy (non-hydrogen) atoms. The van der Waals surface area contributed by atoms with E-state index in [1.54, 1.807) is 17.0 Å². The van der Waals surface area contributed by atoms with Gasteiger partial charge in [0.2, 0.25) is 0 Å². The number of benzene rings is 2. The number of carbonyl (C=O) groups excluding carboxylic acids is 1. The molecule has 0 unspecified atom stereocenters. The summed E-state index contributed by atoms with van der Waals surface area (Å²) in [4.78, 5) is 14.7. The lowest BCUT2D eigenvalue weighted by Gasteiger charge is -2.37. The molecule has 0 bridgehead atoms. The maximum Gasteiger partial charge on any atom is 0.161 e. The van der Waals surface area contributed by atoms with Gasteiger partial charge in [-0.25, -0.2) is 0 Å². The van der Waals surface area contributed by atoms with Gasteiger partial charge in [0.25, 0.3) is 0 Å². The molecule has 0 fully saturated rings. The van der Waals surface area contributed by atoms with E-state index in [0.29, 0.717) is 45.8 Å². The van der Waals surface area contributed by atoms with Crippen molar-refractivity contribution in [2.75, 3.05) is 7.05 Å². The van der Waals surface area contributed by atoms with Crippen molar-refractivity contribution in [1.82, 2.24) is 4.90 Å². The number of ketones is 1. The fourth-order valence-electron chi connectivity index (χ4n) is 4.20. The van der Waals surface area contributed by atoms with Crippen LogP contribution in [-0.2, 0) is 11.4 Å². The maximum atomic E-state index is 12.9. The molecular formula is C24H20Cl2IN3O2. The fraction of sp³-hybridized carbons (Fsp3) is 0.250. The lowest BCUT2D eigenvalue weighted by atomic mass is 9.76. The molecule has 0 amide bonds. The summed E-state index contributed by atoms with van der Waals surface area (Å²) in [7, 11) is 1.82. The molecule has 1 heterocycles. The molecule has 0 saturated heterocycles. The van der Waals surface area contributed by atoms with Gasteiger partial charge in [0.1, 0.15) is 18.2 Å². The topological polar surface area (TPSA) is 79.3 Å². The molecule has 0 radical (unpaired) electrons. The highest BCUT2D eigenvalue weighted by atomic mass is 127. The van der Waals surface area contributed by atoms with E-state index in [2.05, 4.69) is 28.7 Å². The third-order valence-corrected chi connectivity index (χ3v) is 7.29.